The molecule has 5 nitrogen and oxygen atoms in total. The van der Waals surface area contributed by atoms with Crippen molar-refractivity contribution in [1.29, 1.82) is 0 Å². The third-order valence-electron chi connectivity index (χ3n) is 3.05. The van der Waals surface area contributed by atoms with Crippen LogP contribution >= 0.6 is 11.8 Å². The Hall–Kier alpha value is -1.89. The van der Waals surface area contributed by atoms with E-state index >= 15 is 0 Å². The standard InChI is InChI=1S/C15H17FN2O3S/c1-9(22-10(2)15(19)20-3)14-17-13(18-21-14)8-11-4-6-12(16)7-5-11/h4-7,9-10H,8H2,1-3H3. The van der Waals surface area contributed by atoms with Crippen molar-refractivity contribution in [3.8, 4) is 0 Å². The van der Waals surface area contributed by atoms with Crippen LogP contribution in [0.4, 0.5) is 4.39 Å². The van der Waals surface area contributed by atoms with E-state index in [1.807, 2.05) is 6.92 Å². The van der Waals surface area contributed by atoms with E-state index in [1.54, 1.807) is 19.1 Å². The third-order valence-corrected chi connectivity index (χ3v) is 4.26. The molecule has 0 saturated carbocycles. The first-order chi connectivity index (χ1) is 10.5. The highest BCUT2D eigenvalue weighted by Crippen LogP contribution is 2.31. The zero-order valence-electron chi connectivity index (χ0n) is 12.6. The number of carbonyl (C=O) groups excluding carboxylic acids is 1. The van der Waals surface area contributed by atoms with Gasteiger partial charge >= 0.3 is 5.97 Å². The summed E-state index contributed by atoms with van der Waals surface area (Å²) in [5, 5.41) is 3.48. The molecule has 0 aliphatic carbocycles. The molecule has 2 atom stereocenters. The first-order valence-corrected chi connectivity index (χ1v) is 7.74. The van der Waals surface area contributed by atoms with Crippen LogP contribution in [0.25, 0.3) is 0 Å². The second-order valence-corrected chi connectivity index (χ2v) is 6.48. The SMILES string of the molecule is COC(=O)C(C)SC(C)c1nc(Cc2ccc(F)cc2)no1. The van der Waals surface area contributed by atoms with Gasteiger partial charge in [-0.25, -0.2) is 4.39 Å². The highest BCUT2D eigenvalue weighted by atomic mass is 32.2. The number of benzene rings is 1. The van der Waals surface area contributed by atoms with E-state index in [0.29, 0.717) is 18.1 Å². The van der Waals surface area contributed by atoms with Gasteiger partial charge < -0.3 is 9.26 Å². The van der Waals surface area contributed by atoms with Gasteiger partial charge in [0, 0.05) is 6.42 Å². The van der Waals surface area contributed by atoms with Crippen LogP contribution in [0.15, 0.2) is 28.8 Å². The maximum absolute atomic E-state index is 12.9. The molecule has 1 aromatic heterocycles. The van der Waals surface area contributed by atoms with Crippen LogP contribution < -0.4 is 0 Å². The summed E-state index contributed by atoms with van der Waals surface area (Å²) in [6.45, 7) is 3.65. The van der Waals surface area contributed by atoms with Gasteiger partial charge in [0.1, 0.15) is 11.1 Å². The van der Waals surface area contributed by atoms with Gasteiger partial charge in [-0.3, -0.25) is 4.79 Å². The van der Waals surface area contributed by atoms with Crippen molar-refractivity contribution in [2.75, 3.05) is 7.11 Å². The summed E-state index contributed by atoms with van der Waals surface area (Å²) in [6.07, 6.45) is 0.466. The van der Waals surface area contributed by atoms with Gasteiger partial charge in [0.05, 0.1) is 12.4 Å². The second-order valence-electron chi connectivity index (χ2n) is 4.80. The molecule has 22 heavy (non-hydrogen) atoms. The van der Waals surface area contributed by atoms with Crippen molar-refractivity contribution in [3.05, 3.63) is 47.4 Å². The summed E-state index contributed by atoms with van der Waals surface area (Å²) in [5.41, 5.74) is 0.900. The predicted octanol–water partition coefficient (Wildman–Crippen LogP) is 3.16. The minimum atomic E-state index is -0.313. The van der Waals surface area contributed by atoms with E-state index < -0.39 is 0 Å². The monoisotopic (exact) mass is 324 g/mol. The van der Waals surface area contributed by atoms with Crippen molar-refractivity contribution in [3.63, 3.8) is 0 Å². The van der Waals surface area contributed by atoms with Crippen molar-refractivity contribution in [2.24, 2.45) is 0 Å². The number of nitrogens with zero attached hydrogens (tertiary/aromatic N) is 2. The number of hydrogen-bond acceptors (Lipinski definition) is 6. The summed E-state index contributed by atoms with van der Waals surface area (Å²) in [5.74, 6) is 0.417. The fourth-order valence-corrected chi connectivity index (χ4v) is 2.91. The number of esters is 1. The molecule has 1 heterocycles. The number of rotatable bonds is 6. The molecule has 2 aromatic rings. The number of ether oxygens (including phenoxy) is 1. The summed E-state index contributed by atoms with van der Waals surface area (Å²) in [7, 11) is 1.36. The Morgan fingerprint density at radius 2 is 2.05 bits per heavy atom. The number of carbonyl (C=O) groups is 1. The van der Waals surface area contributed by atoms with E-state index in [1.165, 1.54) is 31.0 Å². The van der Waals surface area contributed by atoms with Crippen LogP contribution in [0.1, 0.15) is 36.4 Å². The van der Waals surface area contributed by atoms with Crippen LogP contribution in [0.3, 0.4) is 0 Å². The molecule has 0 spiro atoms. The van der Waals surface area contributed by atoms with Gasteiger partial charge in [-0.15, -0.1) is 11.8 Å². The van der Waals surface area contributed by atoms with E-state index in [2.05, 4.69) is 14.9 Å². The smallest absolute Gasteiger partial charge is 0.318 e. The zero-order valence-corrected chi connectivity index (χ0v) is 13.4. The lowest BCUT2D eigenvalue weighted by molar-refractivity contribution is -0.139. The molecule has 1 aromatic carbocycles. The zero-order chi connectivity index (χ0) is 16.1. The summed E-state index contributed by atoms with van der Waals surface area (Å²) >= 11 is 1.39. The normalized spacial score (nSPS) is 13.6. The number of thioether (sulfide) groups is 1. The highest BCUT2D eigenvalue weighted by Gasteiger charge is 2.22. The van der Waals surface area contributed by atoms with E-state index in [-0.39, 0.29) is 22.3 Å². The predicted molar refractivity (Wildman–Crippen MR) is 81.0 cm³/mol. The third kappa shape index (κ3) is 4.30. The van der Waals surface area contributed by atoms with Crippen molar-refractivity contribution in [1.82, 2.24) is 10.1 Å². The van der Waals surface area contributed by atoms with E-state index in [0.717, 1.165) is 5.56 Å². The van der Waals surface area contributed by atoms with Crippen LogP contribution in [-0.4, -0.2) is 28.5 Å². The van der Waals surface area contributed by atoms with Crippen molar-refractivity contribution in [2.45, 2.75) is 30.8 Å². The van der Waals surface area contributed by atoms with Gasteiger partial charge in [-0.1, -0.05) is 17.3 Å². The van der Waals surface area contributed by atoms with Crippen LogP contribution in [0.5, 0.6) is 0 Å². The number of aromatic nitrogens is 2. The lowest BCUT2D eigenvalue weighted by atomic mass is 10.1. The molecule has 7 heteroatoms. The number of halogens is 1. The molecular weight excluding hydrogens is 307 g/mol. The Morgan fingerprint density at radius 3 is 2.68 bits per heavy atom. The van der Waals surface area contributed by atoms with Gasteiger partial charge in [-0.2, -0.15) is 4.98 Å². The van der Waals surface area contributed by atoms with Crippen LogP contribution in [-0.2, 0) is 16.0 Å². The van der Waals surface area contributed by atoms with Gasteiger partial charge in [0.25, 0.3) is 0 Å². The fraction of sp³-hybridized carbons (Fsp3) is 0.400. The molecule has 0 aliphatic heterocycles. The number of methoxy groups -OCH3 is 1. The molecule has 0 saturated heterocycles. The maximum Gasteiger partial charge on any atom is 0.318 e. The molecule has 118 valence electrons. The van der Waals surface area contributed by atoms with Crippen LogP contribution in [0, 0.1) is 5.82 Å². The lowest BCUT2D eigenvalue weighted by Crippen LogP contribution is -2.15. The van der Waals surface area contributed by atoms with Crippen LogP contribution in [0.2, 0.25) is 0 Å². The van der Waals surface area contributed by atoms with Gasteiger partial charge in [0.15, 0.2) is 5.82 Å². The average Bonchev–Trinajstić information content (AvgIpc) is 2.97. The summed E-state index contributed by atoms with van der Waals surface area (Å²) in [6, 6.07) is 6.16. The van der Waals surface area contributed by atoms with Gasteiger partial charge in [-0.05, 0) is 31.5 Å². The Balaban J connectivity index is 1.98. The van der Waals surface area contributed by atoms with E-state index in [4.69, 9.17) is 4.52 Å². The lowest BCUT2D eigenvalue weighted by Gasteiger charge is -2.11. The summed E-state index contributed by atoms with van der Waals surface area (Å²) < 4.78 is 22.8. The van der Waals surface area contributed by atoms with Crippen molar-refractivity contribution >= 4 is 17.7 Å². The van der Waals surface area contributed by atoms with Gasteiger partial charge in [0.2, 0.25) is 5.89 Å². The topological polar surface area (TPSA) is 65.2 Å². The number of hydrogen-bond donors (Lipinski definition) is 0. The van der Waals surface area contributed by atoms with E-state index in [9.17, 15) is 9.18 Å². The quantitative estimate of drug-likeness (QED) is 0.761. The second kappa shape index (κ2) is 7.40. The Morgan fingerprint density at radius 1 is 1.36 bits per heavy atom. The van der Waals surface area contributed by atoms with Crippen molar-refractivity contribution < 1.29 is 18.4 Å². The largest absolute Gasteiger partial charge is 0.468 e. The molecule has 0 fully saturated rings. The molecular formula is C15H17FN2O3S. The minimum absolute atomic E-state index is 0.122. The molecule has 0 radical (unpaired) electrons. The highest BCUT2D eigenvalue weighted by molar-refractivity contribution is 8.00. The first-order valence-electron chi connectivity index (χ1n) is 6.79. The maximum atomic E-state index is 12.9. The Bertz CT molecular complexity index is 630. The molecule has 0 N–H and O–H groups in total. The minimum Gasteiger partial charge on any atom is -0.468 e. The molecule has 0 aliphatic rings. The Kier molecular flexibility index (Phi) is 5.54. The Labute approximate surface area is 132 Å². The molecule has 2 unspecified atom stereocenters. The molecule has 0 amide bonds. The fourth-order valence-electron chi connectivity index (χ4n) is 1.88. The summed E-state index contributed by atoms with van der Waals surface area (Å²) in [4.78, 5) is 15.7. The average molecular weight is 324 g/mol. The first kappa shape index (κ1) is 16.5. The molecule has 0 bridgehead atoms. The molecule has 2 rings (SSSR count).